The van der Waals surface area contributed by atoms with Crippen LogP contribution in [-0.2, 0) is 11.3 Å². The predicted molar refractivity (Wildman–Crippen MR) is 88.0 cm³/mol. The summed E-state index contributed by atoms with van der Waals surface area (Å²) < 4.78 is 20.4. The van der Waals surface area contributed by atoms with Gasteiger partial charge in [0.2, 0.25) is 0 Å². The lowest BCUT2D eigenvalue weighted by molar-refractivity contribution is -0.123. The molecule has 1 N–H and O–H groups in total. The minimum atomic E-state index is -0.331. The van der Waals surface area contributed by atoms with E-state index in [0.717, 1.165) is 11.3 Å². The van der Waals surface area contributed by atoms with Gasteiger partial charge < -0.3 is 14.6 Å². The van der Waals surface area contributed by atoms with Crippen LogP contribution in [0, 0.1) is 19.7 Å². The molecule has 0 saturated carbocycles. The number of rotatable bonds is 6. The van der Waals surface area contributed by atoms with Crippen molar-refractivity contribution in [3.63, 3.8) is 0 Å². The highest BCUT2D eigenvalue weighted by molar-refractivity contribution is 5.77. The fraction of sp³-hybridized carbons (Fsp3) is 0.389. The van der Waals surface area contributed by atoms with Gasteiger partial charge >= 0.3 is 0 Å². The maximum absolute atomic E-state index is 12.8. The first-order valence-electron chi connectivity index (χ1n) is 7.71. The highest BCUT2D eigenvalue weighted by Crippen LogP contribution is 2.19. The summed E-state index contributed by atoms with van der Waals surface area (Å²) in [5.74, 6) is -0.0643. The summed E-state index contributed by atoms with van der Waals surface area (Å²) in [5.41, 5.74) is 3.45. The van der Waals surface area contributed by atoms with Gasteiger partial charge in [-0.3, -0.25) is 4.79 Å². The van der Waals surface area contributed by atoms with Crippen molar-refractivity contribution < 1.29 is 13.9 Å². The number of amides is 1. The Balaban J connectivity index is 1.87. The number of carbonyl (C=O) groups is 1. The van der Waals surface area contributed by atoms with Crippen molar-refractivity contribution in [3.8, 4) is 5.75 Å². The molecule has 1 aromatic heterocycles. The van der Waals surface area contributed by atoms with Crippen LogP contribution in [-0.4, -0.2) is 17.1 Å². The Morgan fingerprint density at radius 1 is 1.26 bits per heavy atom. The Labute approximate surface area is 136 Å². The molecular weight excluding hydrogens is 295 g/mol. The van der Waals surface area contributed by atoms with Gasteiger partial charge in [-0.25, -0.2) is 4.39 Å². The van der Waals surface area contributed by atoms with Crippen LogP contribution < -0.4 is 10.1 Å². The van der Waals surface area contributed by atoms with Crippen LogP contribution in [0.4, 0.5) is 4.39 Å². The van der Waals surface area contributed by atoms with Crippen molar-refractivity contribution in [2.24, 2.45) is 0 Å². The molecule has 0 aliphatic carbocycles. The fourth-order valence-electron chi connectivity index (χ4n) is 2.74. The summed E-state index contributed by atoms with van der Waals surface area (Å²) in [6.07, 6.45) is 0. The van der Waals surface area contributed by atoms with E-state index in [1.807, 2.05) is 0 Å². The largest absolute Gasteiger partial charge is 0.484 e. The topological polar surface area (TPSA) is 43.3 Å². The van der Waals surface area contributed by atoms with Gasteiger partial charge in [-0.05, 0) is 63.6 Å². The molecule has 0 spiro atoms. The monoisotopic (exact) mass is 318 g/mol. The number of aryl methyl sites for hydroxylation is 1. The molecule has 0 saturated heterocycles. The molecule has 0 aliphatic rings. The van der Waals surface area contributed by atoms with Crippen LogP contribution in [0.15, 0.2) is 30.3 Å². The first-order valence-corrected chi connectivity index (χ1v) is 7.71. The molecule has 0 fully saturated rings. The third kappa shape index (κ3) is 4.34. The molecule has 2 aromatic rings. The Bertz CT molecular complexity index is 675. The van der Waals surface area contributed by atoms with Crippen molar-refractivity contribution >= 4 is 5.91 Å². The van der Waals surface area contributed by atoms with Gasteiger partial charge in [0, 0.05) is 24.0 Å². The average molecular weight is 318 g/mol. The Kier molecular flexibility index (Phi) is 5.42. The second kappa shape index (κ2) is 7.31. The number of hydrogen-bond donors (Lipinski definition) is 1. The Morgan fingerprint density at radius 2 is 1.91 bits per heavy atom. The molecule has 0 aliphatic heterocycles. The molecule has 2 rings (SSSR count). The number of hydrogen-bond acceptors (Lipinski definition) is 2. The van der Waals surface area contributed by atoms with Crippen molar-refractivity contribution in [2.75, 3.05) is 6.61 Å². The van der Waals surface area contributed by atoms with Gasteiger partial charge in [0.25, 0.3) is 5.91 Å². The van der Waals surface area contributed by atoms with E-state index in [4.69, 9.17) is 4.74 Å². The van der Waals surface area contributed by atoms with E-state index in [0.29, 0.717) is 18.3 Å². The quantitative estimate of drug-likeness (QED) is 0.885. The standard InChI is InChI=1S/C18H23FN2O2/c1-12(2)21-13(3)9-15(14(21)4)10-20-18(22)11-23-17-7-5-16(19)6-8-17/h5-9,12H,10-11H2,1-4H3,(H,20,22). The van der Waals surface area contributed by atoms with Crippen molar-refractivity contribution in [1.82, 2.24) is 9.88 Å². The van der Waals surface area contributed by atoms with Crippen LogP contribution in [0.2, 0.25) is 0 Å². The SMILES string of the molecule is Cc1cc(CNC(=O)COc2ccc(F)cc2)c(C)n1C(C)C. The van der Waals surface area contributed by atoms with Gasteiger partial charge in [0.1, 0.15) is 11.6 Å². The Morgan fingerprint density at radius 3 is 2.48 bits per heavy atom. The van der Waals surface area contributed by atoms with E-state index in [9.17, 15) is 9.18 Å². The lowest BCUT2D eigenvalue weighted by Crippen LogP contribution is -2.28. The average Bonchev–Trinajstić information content (AvgIpc) is 2.78. The zero-order chi connectivity index (χ0) is 17.0. The summed E-state index contributed by atoms with van der Waals surface area (Å²) in [6.45, 7) is 8.78. The number of nitrogens with one attached hydrogen (secondary N) is 1. The van der Waals surface area contributed by atoms with E-state index in [-0.39, 0.29) is 18.3 Å². The minimum absolute atomic E-state index is 0.0887. The second-order valence-corrected chi connectivity index (χ2v) is 5.88. The molecule has 1 aromatic carbocycles. The maximum atomic E-state index is 12.8. The summed E-state index contributed by atoms with van der Waals surface area (Å²) >= 11 is 0. The molecule has 0 unspecified atom stereocenters. The van der Waals surface area contributed by atoms with E-state index in [1.54, 1.807) is 0 Å². The molecule has 0 atom stereocenters. The number of carbonyl (C=O) groups excluding carboxylic acids is 1. The highest BCUT2D eigenvalue weighted by Gasteiger charge is 2.12. The third-order valence-electron chi connectivity index (χ3n) is 3.77. The zero-order valence-electron chi connectivity index (χ0n) is 14.0. The van der Waals surface area contributed by atoms with Gasteiger partial charge in [-0.1, -0.05) is 0 Å². The summed E-state index contributed by atoms with van der Waals surface area (Å²) in [6, 6.07) is 8.08. The molecule has 1 amide bonds. The van der Waals surface area contributed by atoms with Crippen LogP contribution in [0.5, 0.6) is 5.75 Å². The summed E-state index contributed by atoms with van der Waals surface area (Å²) in [4.78, 5) is 11.9. The molecule has 0 radical (unpaired) electrons. The maximum Gasteiger partial charge on any atom is 0.258 e. The van der Waals surface area contributed by atoms with Crippen molar-refractivity contribution in [1.29, 1.82) is 0 Å². The summed E-state index contributed by atoms with van der Waals surface area (Å²) in [7, 11) is 0. The number of halogens is 1. The van der Waals surface area contributed by atoms with Crippen LogP contribution in [0.1, 0.15) is 36.8 Å². The van der Waals surface area contributed by atoms with Gasteiger partial charge in [0.05, 0.1) is 0 Å². The van der Waals surface area contributed by atoms with Crippen LogP contribution in [0.25, 0.3) is 0 Å². The summed E-state index contributed by atoms with van der Waals surface area (Å²) in [5, 5.41) is 2.85. The molecule has 1 heterocycles. The molecule has 124 valence electrons. The van der Waals surface area contributed by atoms with E-state index in [2.05, 4.69) is 43.6 Å². The fourth-order valence-corrected chi connectivity index (χ4v) is 2.74. The number of nitrogens with zero attached hydrogens (tertiary/aromatic N) is 1. The highest BCUT2D eigenvalue weighted by atomic mass is 19.1. The molecule has 5 heteroatoms. The van der Waals surface area contributed by atoms with Crippen molar-refractivity contribution in [2.45, 2.75) is 40.3 Å². The van der Waals surface area contributed by atoms with Crippen LogP contribution in [0.3, 0.4) is 0 Å². The first kappa shape index (κ1) is 17.1. The van der Waals surface area contributed by atoms with Gasteiger partial charge in [-0.2, -0.15) is 0 Å². The number of aromatic nitrogens is 1. The van der Waals surface area contributed by atoms with Gasteiger partial charge in [0.15, 0.2) is 6.61 Å². The molecular formula is C18H23FN2O2. The first-order chi connectivity index (χ1) is 10.9. The predicted octanol–water partition coefficient (Wildman–Crippen LogP) is 3.52. The lowest BCUT2D eigenvalue weighted by atomic mass is 10.2. The zero-order valence-corrected chi connectivity index (χ0v) is 14.0. The smallest absolute Gasteiger partial charge is 0.258 e. The van der Waals surface area contributed by atoms with E-state index in [1.165, 1.54) is 30.0 Å². The van der Waals surface area contributed by atoms with E-state index >= 15 is 0 Å². The van der Waals surface area contributed by atoms with E-state index < -0.39 is 0 Å². The third-order valence-corrected chi connectivity index (χ3v) is 3.77. The molecule has 23 heavy (non-hydrogen) atoms. The Hall–Kier alpha value is -2.30. The van der Waals surface area contributed by atoms with Gasteiger partial charge in [-0.15, -0.1) is 0 Å². The molecule has 4 nitrogen and oxygen atoms in total. The minimum Gasteiger partial charge on any atom is -0.484 e. The normalized spacial score (nSPS) is 10.9. The number of ether oxygens (including phenoxy) is 1. The van der Waals surface area contributed by atoms with Crippen molar-refractivity contribution in [3.05, 3.63) is 53.1 Å². The number of benzene rings is 1. The lowest BCUT2D eigenvalue weighted by Gasteiger charge is -2.14. The van der Waals surface area contributed by atoms with Crippen LogP contribution >= 0.6 is 0 Å². The molecule has 0 bridgehead atoms. The second-order valence-electron chi connectivity index (χ2n) is 5.88.